The lowest BCUT2D eigenvalue weighted by molar-refractivity contribution is 0.536. The van der Waals surface area contributed by atoms with Crippen LogP contribution in [-0.2, 0) is 11.8 Å². The molecule has 0 heterocycles. The fourth-order valence-corrected chi connectivity index (χ4v) is 2.92. The van der Waals surface area contributed by atoms with Crippen molar-refractivity contribution in [1.82, 2.24) is 0 Å². The molecule has 0 bridgehead atoms. The Morgan fingerprint density at radius 1 is 1.14 bits per heavy atom. The van der Waals surface area contributed by atoms with Gasteiger partial charge in [-0.1, -0.05) is 24.3 Å². The van der Waals surface area contributed by atoms with Gasteiger partial charge in [-0.25, -0.2) is 0 Å². The number of fused-ring (bicyclic) bond motifs is 1. The van der Waals surface area contributed by atoms with Gasteiger partial charge in [0.05, 0.1) is 0 Å². The minimum atomic E-state index is 0. The average molecular weight is 252 g/mol. The minimum Gasteiger partial charge on any atom is -0.147 e. The van der Waals surface area contributed by atoms with Crippen molar-refractivity contribution in [3.05, 3.63) is 35.4 Å². The topological polar surface area (TPSA) is 0 Å². The minimum absolute atomic E-state index is 0. The van der Waals surface area contributed by atoms with Crippen LogP contribution in [0.3, 0.4) is 0 Å². The molecule has 3 heteroatoms. The molecule has 0 aromatic heterocycles. The zero-order chi connectivity index (χ0) is 9.31. The Labute approximate surface area is 101 Å². The van der Waals surface area contributed by atoms with Crippen LogP contribution in [0.5, 0.6) is 0 Å². The van der Waals surface area contributed by atoms with Crippen LogP contribution in [-0.4, -0.2) is 11.8 Å². The number of alkyl halides is 2. The molecule has 14 heavy (non-hydrogen) atoms. The van der Waals surface area contributed by atoms with Crippen molar-refractivity contribution in [2.24, 2.45) is 0 Å². The Morgan fingerprint density at radius 2 is 1.79 bits per heavy atom. The van der Waals surface area contributed by atoms with Crippen molar-refractivity contribution in [3.8, 4) is 0 Å². The predicted molar refractivity (Wildman–Crippen MR) is 65.1 cm³/mol. The Bertz CT molecular complexity index is 305. The highest BCUT2D eigenvalue weighted by Crippen LogP contribution is 2.40. The van der Waals surface area contributed by atoms with Gasteiger partial charge in [-0.3, -0.25) is 0 Å². The summed E-state index contributed by atoms with van der Waals surface area (Å²) in [6.07, 6.45) is 2.22. The highest BCUT2D eigenvalue weighted by Gasteiger charge is 2.36. The summed E-state index contributed by atoms with van der Waals surface area (Å²) >= 11 is 12.0. The maximum atomic E-state index is 6.01. The van der Waals surface area contributed by atoms with Crippen LogP contribution in [0, 0.1) is 0 Å². The largest absolute Gasteiger partial charge is 0.147 e. The molecule has 1 aromatic rings. The van der Waals surface area contributed by atoms with E-state index in [-0.39, 0.29) is 17.8 Å². The lowest BCUT2D eigenvalue weighted by atomic mass is 9.86. The van der Waals surface area contributed by atoms with Gasteiger partial charge in [-0.2, -0.15) is 0 Å². The molecular weight excluding hydrogens is 238 g/mol. The normalized spacial score (nSPS) is 17.3. The standard InChI is InChI=1S/C11H12Cl2.ClH/c12-7-11(8-13)6-5-9-3-1-2-4-10(9)11;/h1-4H,5-8H2;1H. The molecule has 78 valence electrons. The summed E-state index contributed by atoms with van der Waals surface area (Å²) in [5.74, 6) is 1.26. The van der Waals surface area contributed by atoms with Gasteiger partial charge >= 0.3 is 0 Å². The van der Waals surface area contributed by atoms with Crippen LogP contribution in [0.15, 0.2) is 24.3 Å². The van der Waals surface area contributed by atoms with Crippen LogP contribution >= 0.6 is 35.6 Å². The summed E-state index contributed by atoms with van der Waals surface area (Å²) in [5.41, 5.74) is 2.82. The molecule has 1 aliphatic rings. The molecule has 1 aromatic carbocycles. The van der Waals surface area contributed by atoms with Crippen LogP contribution in [0.1, 0.15) is 17.5 Å². The lowest BCUT2D eigenvalue weighted by Gasteiger charge is -2.24. The molecule has 0 atom stereocenters. The Morgan fingerprint density at radius 3 is 2.43 bits per heavy atom. The van der Waals surface area contributed by atoms with Crippen molar-refractivity contribution in [3.63, 3.8) is 0 Å². The molecule has 0 nitrogen and oxygen atoms in total. The van der Waals surface area contributed by atoms with Gasteiger partial charge in [-0.15, -0.1) is 35.6 Å². The molecule has 0 amide bonds. The SMILES string of the molecule is Cl.ClCC1(CCl)CCc2ccccc21. The van der Waals surface area contributed by atoms with Crippen LogP contribution in [0.25, 0.3) is 0 Å². The molecule has 1 aliphatic carbocycles. The van der Waals surface area contributed by atoms with E-state index < -0.39 is 0 Å². The number of halogens is 3. The van der Waals surface area contributed by atoms with Gasteiger partial charge in [0.25, 0.3) is 0 Å². The van der Waals surface area contributed by atoms with Crippen molar-refractivity contribution in [2.45, 2.75) is 18.3 Å². The first kappa shape index (κ1) is 12.2. The highest BCUT2D eigenvalue weighted by atomic mass is 35.5. The maximum absolute atomic E-state index is 6.01. The van der Waals surface area contributed by atoms with Crippen LogP contribution < -0.4 is 0 Å². The second-order valence-corrected chi connectivity index (χ2v) is 4.24. The third-order valence-electron chi connectivity index (χ3n) is 2.97. The molecule has 0 spiro atoms. The smallest absolute Gasteiger partial charge is 0.0332 e. The Balaban J connectivity index is 0.000000980. The second kappa shape index (κ2) is 4.74. The van der Waals surface area contributed by atoms with Gasteiger partial charge in [0.1, 0.15) is 0 Å². The number of rotatable bonds is 2. The van der Waals surface area contributed by atoms with Crippen molar-refractivity contribution >= 4 is 35.6 Å². The molecule has 0 radical (unpaired) electrons. The fraction of sp³-hybridized carbons (Fsp3) is 0.455. The van der Waals surface area contributed by atoms with E-state index in [0.29, 0.717) is 11.8 Å². The third kappa shape index (κ3) is 1.76. The van der Waals surface area contributed by atoms with Gasteiger partial charge in [0.15, 0.2) is 0 Å². The van der Waals surface area contributed by atoms with E-state index in [9.17, 15) is 0 Å². The Hall–Kier alpha value is 0.0900. The number of hydrogen-bond donors (Lipinski definition) is 0. The Kier molecular flexibility index (Phi) is 4.12. The van der Waals surface area contributed by atoms with Crippen LogP contribution in [0.4, 0.5) is 0 Å². The van der Waals surface area contributed by atoms with Crippen molar-refractivity contribution < 1.29 is 0 Å². The second-order valence-electron chi connectivity index (χ2n) is 3.70. The summed E-state index contributed by atoms with van der Waals surface area (Å²) in [7, 11) is 0. The number of aryl methyl sites for hydroxylation is 1. The summed E-state index contributed by atoms with van der Waals surface area (Å²) in [6, 6.07) is 8.48. The number of hydrogen-bond acceptors (Lipinski definition) is 0. The molecular formula is C11H13Cl3. The quantitative estimate of drug-likeness (QED) is 0.702. The van der Waals surface area contributed by atoms with E-state index in [1.165, 1.54) is 11.1 Å². The average Bonchev–Trinajstić information content (AvgIpc) is 2.58. The molecule has 0 saturated carbocycles. The van der Waals surface area contributed by atoms with Crippen LogP contribution in [0.2, 0.25) is 0 Å². The van der Waals surface area contributed by atoms with Gasteiger partial charge in [-0.05, 0) is 24.0 Å². The van der Waals surface area contributed by atoms with E-state index in [1.807, 2.05) is 0 Å². The molecule has 0 N–H and O–H groups in total. The molecule has 0 aliphatic heterocycles. The molecule has 0 fully saturated rings. The molecule has 2 rings (SSSR count). The van der Waals surface area contributed by atoms with E-state index in [4.69, 9.17) is 23.2 Å². The summed E-state index contributed by atoms with van der Waals surface area (Å²) < 4.78 is 0. The van der Waals surface area contributed by atoms with Gasteiger partial charge in [0, 0.05) is 17.2 Å². The van der Waals surface area contributed by atoms with E-state index in [2.05, 4.69) is 24.3 Å². The van der Waals surface area contributed by atoms with Gasteiger partial charge in [0.2, 0.25) is 0 Å². The first-order chi connectivity index (χ1) is 6.32. The first-order valence-corrected chi connectivity index (χ1v) is 5.60. The third-order valence-corrected chi connectivity index (χ3v) is 4.00. The lowest BCUT2D eigenvalue weighted by Crippen LogP contribution is -2.27. The van der Waals surface area contributed by atoms with E-state index in [1.54, 1.807) is 0 Å². The zero-order valence-electron chi connectivity index (χ0n) is 7.80. The fourth-order valence-electron chi connectivity index (χ4n) is 2.08. The molecule has 0 unspecified atom stereocenters. The maximum Gasteiger partial charge on any atom is 0.0332 e. The molecule has 0 saturated heterocycles. The van der Waals surface area contributed by atoms with Gasteiger partial charge < -0.3 is 0 Å². The van der Waals surface area contributed by atoms with E-state index >= 15 is 0 Å². The monoisotopic (exact) mass is 250 g/mol. The predicted octanol–water partition coefficient (Wildman–Crippen LogP) is 3.77. The number of benzene rings is 1. The van der Waals surface area contributed by atoms with Crippen molar-refractivity contribution in [1.29, 1.82) is 0 Å². The first-order valence-electron chi connectivity index (χ1n) is 4.53. The van der Waals surface area contributed by atoms with Crippen molar-refractivity contribution in [2.75, 3.05) is 11.8 Å². The highest BCUT2D eigenvalue weighted by molar-refractivity contribution is 6.22. The zero-order valence-corrected chi connectivity index (χ0v) is 10.1. The summed E-state index contributed by atoms with van der Waals surface area (Å²) in [4.78, 5) is 0. The summed E-state index contributed by atoms with van der Waals surface area (Å²) in [5, 5.41) is 0. The summed E-state index contributed by atoms with van der Waals surface area (Å²) in [6.45, 7) is 0. The van der Waals surface area contributed by atoms with E-state index in [0.717, 1.165) is 12.8 Å².